The number of anilines is 1. The molecule has 0 aliphatic carbocycles. The van der Waals surface area contributed by atoms with Crippen LogP contribution < -0.4 is 10.1 Å². The van der Waals surface area contributed by atoms with Gasteiger partial charge in [-0.1, -0.05) is 60.6 Å². The highest BCUT2D eigenvalue weighted by atomic mass is 35.5. The summed E-state index contributed by atoms with van der Waals surface area (Å²) in [5.74, 6) is 1.27. The summed E-state index contributed by atoms with van der Waals surface area (Å²) in [7, 11) is 0. The number of ether oxygens (including phenoxy) is 1. The molecule has 1 N–H and O–H groups in total. The van der Waals surface area contributed by atoms with Gasteiger partial charge in [0.2, 0.25) is 5.91 Å². The van der Waals surface area contributed by atoms with Gasteiger partial charge in [-0.2, -0.15) is 5.26 Å². The van der Waals surface area contributed by atoms with Crippen LogP contribution in [-0.4, -0.2) is 16.1 Å². The summed E-state index contributed by atoms with van der Waals surface area (Å²) < 4.78 is 5.80. The molecule has 0 aliphatic rings. The van der Waals surface area contributed by atoms with Crippen LogP contribution in [0.5, 0.6) is 11.5 Å². The molecule has 5 nitrogen and oxygen atoms in total. The van der Waals surface area contributed by atoms with E-state index in [0.29, 0.717) is 39.2 Å². The van der Waals surface area contributed by atoms with Crippen molar-refractivity contribution >= 4 is 35.0 Å². The van der Waals surface area contributed by atoms with E-state index in [9.17, 15) is 10.1 Å². The van der Waals surface area contributed by atoms with E-state index in [0.717, 1.165) is 11.3 Å². The fraction of sp³-hybridized carbons (Fsp3) is 0.107. The number of nitrogens with one attached hydrogen (secondary N) is 1. The Bertz CT molecular complexity index is 1340. The van der Waals surface area contributed by atoms with E-state index < -0.39 is 5.25 Å². The highest BCUT2D eigenvalue weighted by Gasteiger charge is 2.21. The SMILES string of the molecule is CCC(Sc1nc(-c2ccc(Cl)cc2)ccc1C#N)C(=O)Nc1ccc(Oc2ccccc2)cc1. The second-order valence-corrected chi connectivity index (χ2v) is 9.24. The number of hydrogen-bond acceptors (Lipinski definition) is 5. The molecule has 0 bridgehead atoms. The molecule has 1 heterocycles. The zero-order valence-corrected chi connectivity index (χ0v) is 20.5. The zero-order valence-electron chi connectivity index (χ0n) is 18.9. The van der Waals surface area contributed by atoms with Crippen LogP contribution in [-0.2, 0) is 4.79 Å². The standard InChI is InChI=1S/C28H22ClN3O2S/c1-2-26(27(33)31-22-13-15-24(16-14-22)34-23-6-4-3-5-7-23)35-28-20(18-30)10-17-25(32-28)19-8-11-21(29)12-9-19/h3-17,26H,2H2,1H3,(H,31,33). The smallest absolute Gasteiger partial charge is 0.237 e. The van der Waals surface area contributed by atoms with E-state index in [2.05, 4.69) is 16.4 Å². The third-order valence-electron chi connectivity index (χ3n) is 5.14. The molecular formula is C28H22ClN3O2S. The molecule has 7 heteroatoms. The van der Waals surface area contributed by atoms with E-state index in [1.807, 2.05) is 61.5 Å². The molecule has 174 valence electrons. The number of aromatic nitrogens is 1. The molecule has 1 aromatic heterocycles. The lowest BCUT2D eigenvalue weighted by molar-refractivity contribution is -0.115. The minimum Gasteiger partial charge on any atom is -0.457 e. The number of para-hydroxylation sites is 1. The molecule has 0 aliphatic heterocycles. The van der Waals surface area contributed by atoms with Gasteiger partial charge in [0.15, 0.2) is 0 Å². The highest BCUT2D eigenvalue weighted by molar-refractivity contribution is 8.00. The number of carbonyl (C=O) groups is 1. The average molecular weight is 500 g/mol. The Morgan fingerprint density at radius 2 is 1.69 bits per heavy atom. The van der Waals surface area contributed by atoms with Gasteiger partial charge >= 0.3 is 0 Å². The molecule has 0 saturated heterocycles. The lowest BCUT2D eigenvalue weighted by Crippen LogP contribution is -2.24. The summed E-state index contributed by atoms with van der Waals surface area (Å²) in [6.45, 7) is 1.93. The van der Waals surface area contributed by atoms with Crippen LogP contribution in [0.15, 0.2) is 96.0 Å². The van der Waals surface area contributed by atoms with E-state index in [4.69, 9.17) is 16.3 Å². The van der Waals surface area contributed by atoms with E-state index in [1.54, 1.807) is 36.4 Å². The number of pyridine rings is 1. The number of rotatable bonds is 8. The molecule has 35 heavy (non-hydrogen) atoms. The van der Waals surface area contributed by atoms with Gasteiger partial charge in [-0.3, -0.25) is 4.79 Å². The van der Waals surface area contributed by atoms with Crippen LogP contribution >= 0.6 is 23.4 Å². The Kier molecular flexibility index (Phi) is 8.04. The molecule has 0 spiro atoms. The summed E-state index contributed by atoms with van der Waals surface area (Å²) in [6.07, 6.45) is 0.573. The van der Waals surface area contributed by atoms with Gasteiger partial charge in [0.1, 0.15) is 22.6 Å². The molecule has 0 radical (unpaired) electrons. The highest BCUT2D eigenvalue weighted by Crippen LogP contribution is 2.31. The predicted molar refractivity (Wildman–Crippen MR) is 141 cm³/mol. The fourth-order valence-corrected chi connectivity index (χ4v) is 4.43. The van der Waals surface area contributed by atoms with Gasteiger partial charge in [-0.25, -0.2) is 4.98 Å². The first-order chi connectivity index (χ1) is 17.1. The quantitative estimate of drug-likeness (QED) is 0.253. The molecule has 0 fully saturated rings. The summed E-state index contributed by atoms with van der Waals surface area (Å²) in [5.41, 5.74) is 2.70. The molecule has 1 atom stereocenters. The van der Waals surface area contributed by atoms with Crippen LogP contribution in [0.25, 0.3) is 11.3 Å². The van der Waals surface area contributed by atoms with E-state index in [-0.39, 0.29) is 5.91 Å². The summed E-state index contributed by atoms with van der Waals surface area (Å²) in [6, 6.07) is 29.8. The van der Waals surface area contributed by atoms with Gasteiger partial charge in [0.25, 0.3) is 0 Å². The molecular weight excluding hydrogens is 478 g/mol. The van der Waals surface area contributed by atoms with Crippen LogP contribution in [0.3, 0.4) is 0 Å². The number of carbonyl (C=O) groups excluding carboxylic acids is 1. The Morgan fingerprint density at radius 3 is 2.34 bits per heavy atom. The van der Waals surface area contributed by atoms with E-state index >= 15 is 0 Å². The molecule has 1 unspecified atom stereocenters. The largest absolute Gasteiger partial charge is 0.457 e. The number of halogens is 1. The zero-order chi connectivity index (χ0) is 24.6. The number of nitrogens with zero attached hydrogens (tertiary/aromatic N) is 2. The summed E-state index contributed by atoms with van der Waals surface area (Å²) in [5, 5.41) is 13.3. The van der Waals surface area contributed by atoms with Gasteiger partial charge in [0.05, 0.1) is 16.5 Å². The second kappa shape index (κ2) is 11.6. The first-order valence-electron chi connectivity index (χ1n) is 11.0. The van der Waals surface area contributed by atoms with Crippen LogP contribution in [0.1, 0.15) is 18.9 Å². The number of thioether (sulfide) groups is 1. The van der Waals surface area contributed by atoms with Crippen molar-refractivity contribution in [3.8, 4) is 28.8 Å². The Morgan fingerprint density at radius 1 is 1.00 bits per heavy atom. The van der Waals surface area contributed by atoms with Gasteiger partial charge in [0, 0.05) is 16.3 Å². The molecule has 4 aromatic rings. The summed E-state index contributed by atoms with van der Waals surface area (Å²) >= 11 is 7.28. The van der Waals surface area contributed by atoms with E-state index in [1.165, 1.54) is 11.8 Å². The Hall–Kier alpha value is -3.79. The van der Waals surface area contributed by atoms with Gasteiger partial charge in [-0.15, -0.1) is 0 Å². The number of benzene rings is 3. The van der Waals surface area contributed by atoms with Gasteiger partial charge in [-0.05, 0) is 67.1 Å². The Balaban J connectivity index is 1.46. The third-order valence-corrected chi connectivity index (χ3v) is 6.76. The topological polar surface area (TPSA) is 75.0 Å². The summed E-state index contributed by atoms with van der Waals surface area (Å²) in [4.78, 5) is 17.7. The molecule has 1 amide bonds. The van der Waals surface area contributed by atoms with Crippen molar-refractivity contribution in [2.24, 2.45) is 0 Å². The second-order valence-electron chi connectivity index (χ2n) is 7.61. The number of nitriles is 1. The van der Waals surface area contributed by atoms with Crippen molar-refractivity contribution in [3.63, 3.8) is 0 Å². The normalized spacial score (nSPS) is 11.3. The lowest BCUT2D eigenvalue weighted by atomic mass is 10.1. The van der Waals surface area contributed by atoms with Crippen molar-refractivity contribution in [2.45, 2.75) is 23.6 Å². The first-order valence-corrected chi connectivity index (χ1v) is 12.3. The maximum absolute atomic E-state index is 13.0. The first kappa shape index (κ1) is 24.3. The maximum Gasteiger partial charge on any atom is 0.237 e. The van der Waals surface area contributed by atoms with Crippen molar-refractivity contribution < 1.29 is 9.53 Å². The van der Waals surface area contributed by atoms with Crippen molar-refractivity contribution in [3.05, 3.63) is 102 Å². The van der Waals surface area contributed by atoms with Crippen LogP contribution in [0, 0.1) is 11.3 Å². The van der Waals surface area contributed by atoms with Crippen molar-refractivity contribution in [2.75, 3.05) is 5.32 Å². The molecule has 0 saturated carbocycles. The number of hydrogen-bond donors (Lipinski definition) is 1. The minimum absolute atomic E-state index is 0.156. The van der Waals surface area contributed by atoms with Gasteiger partial charge < -0.3 is 10.1 Å². The van der Waals surface area contributed by atoms with Crippen molar-refractivity contribution in [1.29, 1.82) is 5.26 Å². The van der Waals surface area contributed by atoms with Crippen LogP contribution in [0.2, 0.25) is 5.02 Å². The third kappa shape index (κ3) is 6.42. The van der Waals surface area contributed by atoms with Crippen molar-refractivity contribution in [1.82, 2.24) is 4.98 Å². The maximum atomic E-state index is 13.0. The lowest BCUT2D eigenvalue weighted by Gasteiger charge is -2.16. The van der Waals surface area contributed by atoms with Crippen LogP contribution in [0.4, 0.5) is 5.69 Å². The minimum atomic E-state index is -0.421. The number of amides is 1. The predicted octanol–water partition coefficient (Wildman–Crippen LogP) is 7.58. The molecule has 3 aromatic carbocycles. The monoisotopic (exact) mass is 499 g/mol. The average Bonchev–Trinajstić information content (AvgIpc) is 2.89. The Labute approximate surface area is 213 Å². The fourth-order valence-electron chi connectivity index (χ4n) is 3.31. The molecule has 4 rings (SSSR count).